The van der Waals surface area contributed by atoms with Crippen LogP contribution in [0.25, 0.3) is 0 Å². The van der Waals surface area contributed by atoms with E-state index in [-0.39, 0.29) is 24.2 Å². The van der Waals surface area contributed by atoms with Crippen molar-refractivity contribution in [3.63, 3.8) is 0 Å². The number of para-hydroxylation sites is 1. The number of hydrogen-bond acceptors (Lipinski definition) is 3. The lowest BCUT2D eigenvalue weighted by Gasteiger charge is -2.31. The van der Waals surface area contributed by atoms with Crippen molar-refractivity contribution in [2.24, 2.45) is 0 Å². The van der Waals surface area contributed by atoms with Crippen molar-refractivity contribution in [1.82, 2.24) is 10.2 Å². The Labute approximate surface area is 192 Å². The molecule has 8 heteroatoms. The third-order valence-electron chi connectivity index (χ3n) is 4.91. The Bertz CT molecular complexity index is 910. The van der Waals surface area contributed by atoms with Crippen LogP contribution in [0.2, 0.25) is 10.0 Å². The third-order valence-corrected chi connectivity index (χ3v) is 5.65. The number of ether oxygens (including phenoxy) is 1. The van der Waals surface area contributed by atoms with Crippen LogP contribution >= 0.6 is 23.2 Å². The van der Waals surface area contributed by atoms with E-state index >= 15 is 0 Å². The van der Waals surface area contributed by atoms with Crippen LogP contribution in [-0.2, 0) is 16.1 Å². The molecule has 0 spiro atoms. The average molecular weight is 469 g/mol. The Kier molecular flexibility index (Phi) is 9.59. The SMILES string of the molecule is CC[C@@H](C)NC(=O)[C@@H](CC)N(Cc1ccc(Cl)c(Cl)c1)C(=O)COc1ccccc1F. The highest BCUT2D eigenvalue weighted by molar-refractivity contribution is 6.42. The smallest absolute Gasteiger partial charge is 0.261 e. The second-order valence-electron chi connectivity index (χ2n) is 7.23. The fourth-order valence-corrected chi connectivity index (χ4v) is 3.30. The number of benzene rings is 2. The molecule has 0 heterocycles. The van der Waals surface area contributed by atoms with E-state index in [1.165, 1.54) is 23.1 Å². The molecule has 0 unspecified atom stereocenters. The molecule has 0 aromatic heterocycles. The zero-order chi connectivity index (χ0) is 23.0. The molecule has 0 fully saturated rings. The van der Waals surface area contributed by atoms with Crippen molar-refractivity contribution in [1.29, 1.82) is 0 Å². The molecule has 2 aromatic carbocycles. The number of rotatable bonds is 10. The summed E-state index contributed by atoms with van der Waals surface area (Å²) in [4.78, 5) is 27.4. The molecule has 0 bridgehead atoms. The van der Waals surface area contributed by atoms with Gasteiger partial charge in [-0.25, -0.2) is 4.39 Å². The maximum absolute atomic E-state index is 13.9. The highest BCUT2D eigenvalue weighted by Crippen LogP contribution is 2.24. The fourth-order valence-electron chi connectivity index (χ4n) is 2.98. The van der Waals surface area contributed by atoms with Crippen LogP contribution < -0.4 is 10.1 Å². The Morgan fingerprint density at radius 3 is 2.42 bits per heavy atom. The summed E-state index contributed by atoms with van der Waals surface area (Å²) >= 11 is 12.1. The molecule has 0 aliphatic carbocycles. The van der Waals surface area contributed by atoms with Crippen molar-refractivity contribution < 1.29 is 18.7 Å². The second kappa shape index (κ2) is 11.9. The quantitative estimate of drug-likeness (QED) is 0.518. The van der Waals surface area contributed by atoms with Gasteiger partial charge in [-0.05, 0) is 49.6 Å². The van der Waals surface area contributed by atoms with Gasteiger partial charge in [0, 0.05) is 12.6 Å². The Morgan fingerprint density at radius 1 is 1.10 bits per heavy atom. The minimum Gasteiger partial charge on any atom is -0.481 e. The van der Waals surface area contributed by atoms with Crippen molar-refractivity contribution in [3.05, 3.63) is 63.9 Å². The number of carbonyl (C=O) groups excluding carboxylic acids is 2. The second-order valence-corrected chi connectivity index (χ2v) is 8.05. The van der Waals surface area contributed by atoms with E-state index in [4.69, 9.17) is 27.9 Å². The lowest BCUT2D eigenvalue weighted by molar-refractivity contribution is -0.143. The molecule has 31 heavy (non-hydrogen) atoms. The van der Waals surface area contributed by atoms with Crippen LogP contribution in [-0.4, -0.2) is 35.4 Å². The van der Waals surface area contributed by atoms with Gasteiger partial charge in [0.1, 0.15) is 6.04 Å². The molecule has 0 saturated carbocycles. The first-order valence-electron chi connectivity index (χ1n) is 10.2. The van der Waals surface area contributed by atoms with E-state index in [1.807, 2.05) is 20.8 Å². The summed E-state index contributed by atoms with van der Waals surface area (Å²) in [5, 5.41) is 3.67. The number of amides is 2. The van der Waals surface area contributed by atoms with Gasteiger partial charge >= 0.3 is 0 Å². The lowest BCUT2D eigenvalue weighted by atomic mass is 10.1. The van der Waals surface area contributed by atoms with Crippen molar-refractivity contribution in [3.8, 4) is 5.75 Å². The summed E-state index contributed by atoms with van der Waals surface area (Å²) < 4.78 is 19.3. The largest absolute Gasteiger partial charge is 0.481 e. The van der Waals surface area contributed by atoms with Gasteiger partial charge in [-0.1, -0.05) is 55.2 Å². The van der Waals surface area contributed by atoms with Gasteiger partial charge in [-0.15, -0.1) is 0 Å². The van der Waals surface area contributed by atoms with Crippen molar-refractivity contribution >= 4 is 35.0 Å². The molecule has 0 radical (unpaired) electrons. The van der Waals surface area contributed by atoms with Gasteiger partial charge in [0.2, 0.25) is 5.91 Å². The lowest BCUT2D eigenvalue weighted by Crippen LogP contribution is -2.51. The van der Waals surface area contributed by atoms with Crippen LogP contribution in [0.4, 0.5) is 4.39 Å². The average Bonchev–Trinajstić information content (AvgIpc) is 2.75. The molecule has 2 atom stereocenters. The first-order chi connectivity index (χ1) is 14.8. The number of carbonyl (C=O) groups is 2. The normalized spacial score (nSPS) is 12.7. The first-order valence-corrected chi connectivity index (χ1v) is 10.9. The van der Waals surface area contributed by atoms with Crippen LogP contribution in [0.1, 0.15) is 39.2 Å². The molecule has 0 aliphatic heterocycles. The van der Waals surface area contributed by atoms with Gasteiger partial charge in [-0.3, -0.25) is 9.59 Å². The Morgan fingerprint density at radius 2 is 1.81 bits per heavy atom. The van der Waals surface area contributed by atoms with E-state index in [9.17, 15) is 14.0 Å². The molecule has 2 amide bonds. The van der Waals surface area contributed by atoms with Gasteiger partial charge in [0.05, 0.1) is 10.0 Å². The van der Waals surface area contributed by atoms with E-state index in [1.54, 1.807) is 24.3 Å². The Balaban J connectivity index is 2.26. The fraction of sp³-hybridized carbons (Fsp3) is 0.391. The number of hydrogen-bond donors (Lipinski definition) is 1. The summed E-state index contributed by atoms with van der Waals surface area (Å²) in [5.41, 5.74) is 0.712. The number of nitrogens with one attached hydrogen (secondary N) is 1. The van der Waals surface area contributed by atoms with Crippen molar-refractivity contribution in [2.45, 2.75) is 52.2 Å². The van der Waals surface area contributed by atoms with Gasteiger partial charge in [-0.2, -0.15) is 0 Å². The standard InChI is InChI=1S/C23H27Cl2FN2O3/c1-4-15(3)27-23(30)20(5-2)28(13-16-10-11-17(24)18(25)12-16)22(29)14-31-21-9-7-6-8-19(21)26/h6-12,15,20H,4-5,13-14H2,1-3H3,(H,27,30)/t15-,20-/m1/s1. The van der Waals surface area contributed by atoms with E-state index < -0.39 is 24.4 Å². The molecule has 5 nitrogen and oxygen atoms in total. The third kappa shape index (κ3) is 7.11. The highest BCUT2D eigenvalue weighted by Gasteiger charge is 2.29. The van der Waals surface area contributed by atoms with Crippen LogP contribution in [0.15, 0.2) is 42.5 Å². The molecule has 2 rings (SSSR count). The number of nitrogens with zero attached hydrogens (tertiary/aromatic N) is 1. The topological polar surface area (TPSA) is 58.6 Å². The van der Waals surface area contributed by atoms with E-state index in [2.05, 4.69) is 5.32 Å². The molecule has 0 saturated heterocycles. The maximum Gasteiger partial charge on any atom is 0.261 e. The monoisotopic (exact) mass is 468 g/mol. The number of halogens is 3. The van der Waals surface area contributed by atoms with Gasteiger partial charge < -0.3 is 15.0 Å². The predicted molar refractivity (Wildman–Crippen MR) is 121 cm³/mol. The highest BCUT2D eigenvalue weighted by atomic mass is 35.5. The summed E-state index contributed by atoms with van der Waals surface area (Å²) in [7, 11) is 0. The summed E-state index contributed by atoms with van der Waals surface area (Å²) in [5.74, 6) is -1.29. The zero-order valence-electron chi connectivity index (χ0n) is 17.8. The van der Waals surface area contributed by atoms with Crippen LogP contribution in [0, 0.1) is 5.82 Å². The minimum atomic E-state index is -0.722. The molecular weight excluding hydrogens is 442 g/mol. The Hall–Kier alpha value is -2.31. The summed E-state index contributed by atoms with van der Waals surface area (Å²) in [6.07, 6.45) is 1.16. The minimum absolute atomic E-state index is 0.0255. The molecule has 0 aliphatic rings. The first kappa shape index (κ1) is 25.0. The van der Waals surface area contributed by atoms with Crippen LogP contribution in [0.3, 0.4) is 0 Å². The van der Waals surface area contributed by atoms with Crippen molar-refractivity contribution in [2.75, 3.05) is 6.61 Å². The summed E-state index contributed by atoms with van der Waals surface area (Å²) in [6, 6.07) is 10.1. The summed E-state index contributed by atoms with van der Waals surface area (Å²) in [6.45, 7) is 5.41. The molecule has 168 valence electrons. The van der Waals surface area contributed by atoms with E-state index in [0.717, 1.165) is 6.42 Å². The molecular formula is C23H27Cl2FN2O3. The molecule has 1 N–H and O–H groups in total. The maximum atomic E-state index is 13.9. The zero-order valence-corrected chi connectivity index (χ0v) is 19.3. The van der Waals surface area contributed by atoms with Gasteiger partial charge in [0.15, 0.2) is 18.2 Å². The molecule has 2 aromatic rings. The van der Waals surface area contributed by atoms with Crippen LogP contribution in [0.5, 0.6) is 5.75 Å². The predicted octanol–water partition coefficient (Wildman–Crippen LogP) is 5.23. The van der Waals surface area contributed by atoms with Gasteiger partial charge in [0.25, 0.3) is 5.91 Å². The van der Waals surface area contributed by atoms with E-state index in [0.29, 0.717) is 22.0 Å².